The van der Waals surface area contributed by atoms with E-state index in [0.29, 0.717) is 6.61 Å². The average Bonchev–Trinajstić information content (AvgIpc) is 2.93. The van der Waals surface area contributed by atoms with Gasteiger partial charge in [-0.3, -0.25) is 0 Å². The number of ether oxygens (including phenoxy) is 3. The number of alkyl carbamates (subject to hydrolysis) is 1. The van der Waals surface area contributed by atoms with Crippen molar-refractivity contribution < 1.29 is 28.9 Å². The molecule has 1 aliphatic rings. The number of rotatable bonds is 6. The van der Waals surface area contributed by atoms with Crippen LogP contribution in [0.1, 0.15) is 33.6 Å². The third-order valence-electron chi connectivity index (χ3n) is 3.09. The predicted octanol–water partition coefficient (Wildman–Crippen LogP) is 1.12. The largest absolute Gasteiger partial charge is 0.447 e. The molecular formula is C15H28N2O6. The molecule has 8 heteroatoms. The van der Waals surface area contributed by atoms with Gasteiger partial charge in [0.2, 0.25) is 0 Å². The number of aliphatic hydroxyl groups is 1. The highest BCUT2D eigenvalue weighted by Gasteiger charge is 2.21. The number of aliphatic hydroxyl groups excluding tert-OH is 1. The molecule has 8 nitrogen and oxygen atoms in total. The van der Waals surface area contributed by atoms with Gasteiger partial charge in [-0.1, -0.05) is 0 Å². The molecule has 1 aliphatic heterocycles. The Morgan fingerprint density at radius 1 is 1.43 bits per heavy atom. The predicted molar refractivity (Wildman–Crippen MR) is 83.2 cm³/mol. The third kappa shape index (κ3) is 8.61. The highest BCUT2D eigenvalue weighted by molar-refractivity contribution is 5.68. The zero-order chi connectivity index (χ0) is 17.5. The zero-order valence-electron chi connectivity index (χ0n) is 14.3. The first-order chi connectivity index (χ1) is 10.7. The van der Waals surface area contributed by atoms with Crippen molar-refractivity contribution in [3.05, 3.63) is 0 Å². The van der Waals surface area contributed by atoms with Gasteiger partial charge in [-0.05, 0) is 33.6 Å². The maximum Gasteiger partial charge on any atom is 0.409 e. The minimum atomic E-state index is -0.914. The van der Waals surface area contributed by atoms with E-state index in [1.807, 2.05) is 0 Å². The van der Waals surface area contributed by atoms with Crippen LogP contribution in [0.25, 0.3) is 0 Å². The van der Waals surface area contributed by atoms with E-state index in [1.165, 1.54) is 11.9 Å². The topological polar surface area (TPSA) is 97.3 Å². The molecule has 0 bridgehead atoms. The first kappa shape index (κ1) is 19.5. The van der Waals surface area contributed by atoms with E-state index in [9.17, 15) is 14.7 Å². The molecule has 0 aromatic rings. The highest BCUT2D eigenvalue weighted by atomic mass is 16.6. The van der Waals surface area contributed by atoms with Gasteiger partial charge >= 0.3 is 12.2 Å². The second-order valence-electron chi connectivity index (χ2n) is 6.63. The van der Waals surface area contributed by atoms with Gasteiger partial charge in [0, 0.05) is 20.2 Å². The molecule has 1 heterocycles. The van der Waals surface area contributed by atoms with Crippen molar-refractivity contribution in [2.24, 2.45) is 0 Å². The molecule has 134 valence electrons. The van der Waals surface area contributed by atoms with E-state index in [2.05, 4.69) is 5.32 Å². The summed E-state index contributed by atoms with van der Waals surface area (Å²) in [7, 11) is 1.52. The standard InChI is InChI=1S/C15H28N2O6/c1-15(2,3)23-13(19)16-8-11(18)9-17(4)14(20)22-10-12-6-5-7-21-12/h11-12,18H,5-10H2,1-4H3,(H,16,19). The summed E-state index contributed by atoms with van der Waals surface area (Å²) < 4.78 is 15.5. The molecule has 0 radical (unpaired) electrons. The van der Waals surface area contributed by atoms with Crippen LogP contribution in [0.2, 0.25) is 0 Å². The van der Waals surface area contributed by atoms with E-state index < -0.39 is 23.9 Å². The first-order valence-corrected chi connectivity index (χ1v) is 7.82. The van der Waals surface area contributed by atoms with Crippen LogP contribution in [-0.2, 0) is 14.2 Å². The maximum atomic E-state index is 11.8. The quantitative estimate of drug-likeness (QED) is 0.756. The molecule has 0 aliphatic carbocycles. The number of nitrogens with one attached hydrogen (secondary N) is 1. The molecule has 1 saturated heterocycles. The summed E-state index contributed by atoms with van der Waals surface area (Å²) in [5.41, 5.74) is -0.599. The normalized spacial score (nSPS) is 19.1. The monoisotopic (exact) mass is 332 g/mol. The Kier molecular flexibility index (Phi) is 7.57. The van der Waals surface area contributed by atoms with Crippen LogP contribution in [0, 0.1) is 0 Å². The second-order valence-corrected chi connectivity index (χ2v) is 6.63. The van der Waals surface area contributed by atoms with Crippen molar-refractivity contribution in [3.8, 4) is 0 Å². The molecule has 2 unspecified atom stereocenters. The lowest BCUT2D eigenvalue weighted by atomic mass is 10.2. The van der Waals surface area contributed by atoms with Crippen LogP contribution in [0.15, 0.2) is 0 Å². The zero-order valence-corrected chi connectivity index (χ0v) is 14.3. The van der Waals surface area contributed by atoms with Crippen LogP contribution in [0.5, 0.6) is 0 Å². The van der Waals surface area contributed by atoms with Crippen molar-refractivity contribution in [2.45, 2.75) is 51.4 Å². The first-order valence-electron chi connectivity index (χ1n) is 7.82. The van der Waals surface area contributed by atoms with Crippen molar-refractivity contribution >= 4 is 12.2 Å². The van der Waals surface area contributed by atoms with E-state index >= 15 is 0 Å². The Morgan fingerprint density at radius 2 is 2.13 bits per heavy atom. The molecule has 0 aromatic heterocycles. The minimum Gasteiger partial charge on any atom is -0.447 e. The van der Waals surface area contributed by atoms with Crippen molar-refractivity contribution in [1.29, 1.82) is 0 Å². The number of hydrogen-bond donors (Lipinski definition) is 2. The fourth-order valence-electron chi connectivity index (χ4n) is 2.02. The lowest BCUT2D eigenvalue weighted by Crippen LogP contribution is -2.42. The lowest BCUT2D eigenvalue weighted by Gasteiger charge is -2.23. The van der Waals surface area contributed by atoms with Gasteiger partial charge < -0.3 is 29.5 Å². The Hall–Kier alpha value is -1.54. The summed E-state index contributed by atoms with van der Waals surface area (Å²) in [6.45, 7) is 6.20. The summed E-state index contributed by atoms with van der Waals surface area (Å²) in [5, 5.41) is 12.3. The SMILES string of the molecule is CN(CC(O)CNC(=O)OC(C)(C)C)C(=O)OCC1CCCO1. The fraction of sp³-hybridized carbons (Fsp3) is 0.867. The number of amides is 2. The number of likely N-dealkylation sites (N-methyl/N-ethyl adjacent to an activating group) is 1. The van der Waals surface area contributed by atoms with Gasteiger partial charge in [0.15, 0.2) is 0 Å². The molecule has 0 spiro atoms. The van der Waals surface area contributed by atoms with E-state index in [0.717, 1.165) is 12.8 Å². The van der Waals surface area contributed by atoms with Gasteiger partial charge in [-0.15, -0.1) is 0 Å². The Morgan fingerprint density at radius 3 is 2.70 bits per heavy atom. The van der Waals surface area contributed by atoms with Crippen LogP contribution in [0.4, 0.5) is 9.59 Å². The molecule has 2 N–H and O–H groups in total. The van der Waals surface area contributed by atoms with Gasteiger partial charge in [-0.2, -0.15) is 0 Å². The second kappa shape index (κ2) is 8.93. The molecule has 0 saturated carbocycles. The molecule has 1 fully saturated rings. The molecular weight excluding hydrogens is 304 g/mol. The highest BCUT2D eigenvalue weighted by Crippen LogP contribution is 2.12. The number of nitrogens with zero attached hydrogens (tertiary/aromatic N) is 1. The summed E-state index contributed by atoms with van der Waals surface area (Å²) in [6.07, 6.45) is -0.224. The van der Waals surface area contributed by atoms with Crippen LogP contribution in [0.3, 0.4) is 0 Å². The van der Waals surface area contributed by atoms with E-state index in [-0.39, 0.29) is 25.8 Å². The summed E-state index contributed by atoms with van der Waals surface area (Å²) in [4.78, 5) is 24.5. The number of hydrogen-bond acceptors (Lipinski definition) is 6. The Labute approximate surface area is 137 Å². The minimum absolute atomic E-state index is 0.0156. The fourth-order valence-corrected chi connectivity index (χ4v) is 2.02. The van der Waals surface area contributed by atoms with Gasteiger partial charge in [0.05, 0.1) is 18.8 Å². The summed E-state index contributed by atoms with van der Waals surface area (Å²) >= 11 is 0. The molecule has 2 atom stereocenters. The van der Waals surface area contributed by atoms with E-state index in [4.69, 9.17) is 14.2 Å². The van der Waals surface area contributed by atoms with Crippen molar-refractivity contribution in [2.75, 3.05) is 33.4 Å². The third-order valence-corrected chi connectivity index (χ3v) is 3.09. The van der Waals surface area contributed by atoms with Crippen LogP contribution >= 0.6 is 0 Å². The smallest absolute Gasteiger partial charge is 0.409 e. The van der Waals surface area contributed by atoms with Gasteiger partial charge in [0.25, 0.3) is 0 Å². The Bertz CT molecular complexity index is 390. The van der Waals surface area contributed by atoms with E-state index in [1.54, 1.807) is 20.8 Å². The number of carbonyl (C=O) groups is 2. The molecule has 23 heavy (non-hydrogen) atoms. The molecule has 0 aromatic carbocycles. The molecule has 2 amide bonds. The lowest BCUT2D eigenvalue weighted by molar-refractivity contribution is 0.0262. The summed E-state index contributed by atoms with van der Waals surface area (Å²) in [6, 6.07) is 0. The molecule has 1 rings (SSSR count). The van der Waals surface area contributed by atoms with Crippen molar-refractivity contribution in [1.82, 2.24) is 10.2 Å². The van der Waals surface area contributed by atoms with Gasteiger partial charge in [0.1, 0.15) is 12.2 Å². The van der Waals surface area contributed by atoms with Crippen LogP contribution in [-0.4, -0.2) is 73.4 Å². The van der Waals surface area contributed by atoms with Crippen LogP contribution < -0.4 is 5.32 Å². The summed E-state index contributed by atoms with van der Waals surface area (Å²) in [5.74, 6) is 0. The van der Waals surface area contributed by atoms with Crippen molar-refractivity contribution in [3.63, 3.8) is 0 Å². The number of carbonyl (C=O) groups excluding carboxylic acids is 2. The Balaban J connectivity index is 2.20. The van der Waals surface area contributed by atoms with Gasteiger partial charge in [-0.25, -0.2) is 9.59 Å². The maximum absolute atomic E-state index is 11.8. The average molecular weight is 332 g/mol.